The summed E-state index contributed by atoms with van der Waals surface area (Å²) in [6.45, 7) is -0.125. The van der Waals surface area contributed by atoms with Crippen LogP contribution in [0.15, 0.2) is 18.2 Å². The fourth-order valence-corrected chi connectivity index (χ4v) is 2.18. The normalized spacial score (nSPS) is 18.7. The summed E-state index contributed by atoms with van der Waals surface area (Å²) in [5, 5.41) is 0. The summed E-state index contributed by atoms with van der Waals surface area (Å²) in [5.41, 5.74) is 0.658. The number of carbonyl (C=O) groups excluding carboxylic acids is 2. The third-order valence-electron chi connectivity index (χ3n) is 3.22. The highest BCUT2D eigenvalue weighted by atomic mass is 19.4. The van der Waals surface area contributed by atoms with Crippen LogP contribution in [0.25, 0.3) is 0 Å². The zero-order chi connectivity index (χ0) is 16.5. The first-order valence-electron chi connectivity index (χ1n) is 6.48. The second-order valence-electron chi connectivity index (χ2n) is 5.15. The van der Waals surface area contributed by atoms with E-state index in [1.54, 1.807) is 6.92 Å². The van der Waals surface area contributed by atoms with Crippen LogP contribution in [-0.4, -0.2) is 36.0 Å². The monoisotopic (exact) mass is 319 g/mol. The molecule has 120 valence electrons. The van der Waals surface area contributed by atoms with Gasteiger partial charge in [0.25, 0.3) is 0 Å². The number of halogens is 4. The Morgan fingerprint density at radius 3 is 2.73 bits per heavy atom. The second-order valence-corrected chi connectivity index (χ2v) is 5.15. The molecule has 1 aromatic rings. The smallest absolute Gasteiger partial charge is 0.406 e. The molecule has 22 heavy (non-hydrogen) atoms. The van der Waals surface area contributed by atoms with Crippen LogP contribution < -0.4 is 4.74 Å². The average Bonchev–Trinajstić information content (AvgIpc) is 2.73. The molecule has 0 saturated carbocycles. The van der Waals surface area contributed by atoms with Crippen LogP contribution in [-0.2, 0) is 9.59 Å². The number of hydrogen-bond acceptors (Lipinski definition) is 3. The maximum absolute atomic E-state index is 13.5. The Bertz CT molecular complexity index is 600. The average molecular weight is 319 g/mol. The van der Waals surface area contributed by atoms with Gasteiger partial charge in [0.2, 0.25) is 5.91 Å². The summed E-state index contributed by atoms with van der Waals surface area (Å²) in [4.78, 5) is 23.9. The fraction of sp³-hybridized carbons (Fsp3) is 0.429. The van der Waals surface area contributed by atoms with Gasteiger partial charge in [-0.1, -0.05) is 6.07 Å². The van der Waals surface area contributed by atoms with Gasteiger partial charge in [0, 0.05) is 13.0 Å². The van der Waals surface area contributed by atoms with Crippen LogP contribution in [0, 0.1) is 18.7 Å². The number of esters is 1. The van der Waals surface area contributed by atoms with Crippen molar-refractivity contribution in [2.75, 3.05) is 13.1 Å². The summed E-state index contributed by atoms with van der Waals surface area (Å²) in [5.74, 6) is -3.77. The van der Waals surface area contributed by atoms with Crippen molar-refractivity contribution in [1.82, 2.24) is 4.90 Å². The van der Waals surface area contributed by atoms with Crippen LogP contribution in [0.3, 0.4) is 0 Å². The zero-order valence-corrected chi connectivity index (χ0v) is 11.6. The number of hydrogen-bond donors (Lipinski definition) is 0. The van der Waals surface area contributed by atoms with Crippen LogP contribution in [0.2, 0.25) is 0 Å². The molecule has 1 heterocycles. The molecular formula is C14H13F4NO3. The van der Waals surface area contributed by atoms with E-state index in [1.165, 1.54) is 12.1 Å². The SMILES string of the molecule is Cc1ccc(F)c(OC(=O)[C@@H]2CC(=O)N(CC(F)(F)F)C2)c1. The molecule has 0 N–H and O–H groups in total. The summed E-state index contributed by atoms with van der Waals surface area (Å²) >= 11 is 0. The van der Waals surface area contributed by atoms with E-state index in [1.807, 2.05) is 0 Å². The van der Waals surface area contributed by atoms with Crippen molar-refractivity contribution in [2.45, 2.75) is 19.5 Å². The van der Waals surface area contributed by atoms with Crippen molar-refractivity contribution in [3.05, 3.63) is 29.6 Å². The molecule has 0 unspecified atom stereocenters. The lowest BCUT2D eigenvalue weighted by molar-refractivity contribution is -0.157. The van der Waals surface area contributed by atoms with Gasteiger partial charge < -0.3 is 9.64 Å². The Hall–Kier alpha value is -2.12. The third-order valence-corrected chi connectivity index (χ3v) is 3.22. The molecule has 1 amide bonds. The first-order chi connectivity index (χ1) is 10.2. The van der Waals surface area contributed by atoms with Gasteiger partial charge in [-0.25, -0.2) is 4.39 Å². The highest BCUT2D eigenvalue weighted by Crippen LogP contribution is 2.26. The van der Waals surface area contributed by atoms with Crippen molar-refractivity contribution in [2.24, 2.45) is 5.92 Å². The summed E-state index contributed by atoms with van der Waals surface area (Å²) in [6.07, 6.45) is -4.90. The molecule has 4 nitrogen and oxygen atoms in total. The van der Waals surface area contributed by atoms with E-state index in [-0.39, 0.29) is 18.7 Å². The minimum absolute atomic E-state index is 0.299. The lowest BCUT2D eigenvalue weighted by atomic mass is 10.1. The Balaban J connectivity index is 2.02. The Morgan fingerprint density at radius 1 is 1.41 bits per heavy atom. The summed E-state index contributed by atoms with van der Waals surface area (Å²) in [6, 6.07) is 3.90. The molecule has 0 radical (unpaired) electrons. The Kier molecular flexibility index (Phi) is 4.39. The largest absolute Gasteiger partial charge is 0.423 e. The number of nitrogens with zero attached hydrogens (tertiary/aromatic N) is 1. The first-order valence-corrected chi connectivity index (χ1v) is 6.48. The van der Waals surface area contributed by atoms with Crippen LogP contribution in [0.4, 0.5) is 17.6 Å². The number of ether oxygens (including phenoxy) is 1. The van der Waals surface area contributed by atoms with E-state index in [2.05, 4.69) is 0 Å². The number of alkyl halides is 3. The molecule has 8 heteroatoms. The minimum Gasteiger partial charge on any atom is -0.423 e. The number of carbonyl (C=O) groups is 2. The molecule has 1 aromatic carbocycles. The van der Waals surface area contributed by atoms with Gasteiger partial charge in [-0.15, -0.1) is 0 Å². The molecule has 1 fully saturated rings. The van der Waals surface area contributed by atoms with Gasteiger partial charge in [-0.2, -0.15) is 13.2 Å². The lowest BCUT2D eigenvalue weighted by Gasteiger charge is -2.18. The number of benzene rings is 1. The lowest BCUT2D eigenvalue weighted by Crippen LogP contribution is -2.36. The highest BCUT2D eigenvalue weighted by Gasteiger charge is 2.41. The Labute approximate surface area is 123 Å². The molecule has 0 aliphatic carbocycles. The molecule has 1 aliphatic rings. The number of likely N-dealkylation sites (tertiary alicyclic amines) is 1. The van der Waals surface area contributed by atoms with Crippen molar-refractivity contribution in [1.29, 1.82) is 0 Å². The van der Waals surface area contributed by atoms with Gasteiger partial charge in [0.05, 0.1) is 5.92 Å². The molecule has 2 rings (SSSR count). The zero-order valence-electron chi connectivity index (χ0n) is 11.6. The van der Waals surface area contributed by atoms with Gasteiger partial charge in [0.15, 0.2) is 11.6 Å². The van der Waals surface area contributed by atoms with Crippen LogP contribution in [0.1, 0.15) is 12.0 Å². The number of amides is 1. The molecule has 0 bridgehead atoms. The summed E-state index contributed by atoms with van der Waals surface area (Å²) in [7, 11) is 0. The molecular weight excluding hydrogens is 306 g/mol. The second kappa shape index (κ2) is 5.94. The van der Waals surface area contributed by atoms with Crippen LogP contribution >= 0.6 is 0 Å². The van der Waals surface area contributed by atoms with Gasteiger partial charge in [-0.05, 0) is 24.6 Å². The van der Waals surface area contributed by atoms with Gasteiger partial charge in [0.1, 0.15) is 6.54 Å². The predicted octanol–water partition coefficient (Wildman–Crippen LogP) is 2.45. The molecule has 0 spiro atoms. The van der Waals surface area contributed by atoms with E-state index in [0.717, 1.165) is 6.07 Å². The van der Waals surface area contributed by atoms with Gasteiger partial charge in [-0.3, -0.25) is 9.59 Å². The van der Waals surface area contributed by atoms with Crippen molar-refractivity contribution < 1.29 is 31.9 Å². The van der Waals surface area contributed by atoms with Crippen molar-refractivity contribution in [3.8, 4) is 5.75 Å². The standard InChI is InChI=1S/C14H13F4NO3/c1-8-2-3-10(15)11(4-8)22-13(21)9-5-12(20)19(6-9)7-14(16,17)18/h2-4,9H,5-7H2,1H3/t9-/m1/s1. The van der Waals surface area contributed by atoms with E-state index < -0.39 is 36.3 Å². The van der Waals surface area contributed by atoms with E-state index >= 15 is 0 Å². The van der Waals surface area contributed by atoms with Crippen LogP contribution in [0.5, 0.6) is 5.75 Å². The van der Waals surface area contributed by atoms with Crippen molar-refractivity contribution in [3.63, 3.8) is 0 Å². The van der Waals surface area contributed by atoms with E-state index in [9.17, 15) is 27.2 Å². The summed E-state index contributed by atoms with van der Waals surface area (Å²) < 4.78 is 55.2. The number of aryl methyl sites for hydroxylation is 1. The molecule has 1 saturated heterocycles. The molecule has 1 aliphatic heterocycles. The minimum atomic E-state index is -4.53. The van der Waals surface area contributed by atoms with E-state index in [4.69, 9.17) is 4.74 Å². The first kappa shape index (κ1) is 16.3. The predicted molar refractivity (Wildman–Crippen MR) is 67.5 cm³/mol. The highest BCUT2D eigenvalue weighted by molar-refractivity contribution is 5.87. The molecule has 0 aromatic heterocycles. The quantitative estimate of drug-likeness (QED) is 0.488. The topological polar surface area (TPSA) is 46.6 Å². The van der Waals surface area contributed by atoms with E-state index in [0.29, 0.717) is 10.5 Å². The molecule has 1 atom stereocenters. The van der Waals surface area contributed by atoms with Gasteiger partial charge >= 0.3 is 12.1 Å². The fourth-order valence-electron chi connectivity index (χ4n) is 2.18. The van der Waals surface area contributed by atoms with Crippen molar-refractivity contribution >= 4 is 11.9 Å². The maximum Gasteiger partial charge on any atom is 0.406 e. The number of rotatable bonds is 3. The third kappa shape index (κ3) is 3.96. The maximum atomic E-state index is 13.5. The Morgan fingerprint density at radius 2 is 2.09 bits per heavy atom.